The van der Waals surface area contributed by atoms with Crippen LogP contribution < -0.4 is 0 Å². The highest BCUT2D eigenvalue weighted by Crippen LogP contribution is 2.11. The summed E-state index contributed by atoms with van der Waals surface area (Å²) in [7, 11) is 1.32. The van der Waals surface area contributed by atoms with Crippen molar-refractivity contribution in [3.8, 4) is 11.8 Å². The van der Waals surface area contributed by atoms with Gasteiger partial charge in [-0.3, -0.25) is 0 Å². The molecule has 1 aromatic carbocycles. The topological polar surface area (TPSA) is 26.3 Å². The highest BCUT2D eigenvalue weighted by atomic mass is 79.9. The zero-order chi connectivity index (χ0) is 10.4. The Bertz CT molecular complexity index is 388. The second-order valence-electron chi connectivity index (χ2n) is 2.60. The van der Waals surface area contributed by atoms with Crippen molar-refractivity contribution in [2.75, 3.05) is 7.11 Å². The van der Waals surface area contributed by atoms with Crippen molar-refractivity contribution in [3.05, 3.63) is 34.3 Å². The van der Waals surface area contributed by atoms with Gasteiger partial charge in [0.15, 0.2) is 0 Å². The summed E-state index contributed by atoms with van der Waals surface area (Å²) in [5.41, 5.74) is 1.07. The van der Waals surface area contributed by atoms with E-state index in [9.17, 15) is 4.79 Å². The zero-order valence-corrected chi connectivity index (χ0v) is 9.30. The van der Waals surface area contributed by atoms with Crippen molar-refractivity contribution in [1.29, 1.82) is 0 Å². The lowest BCUT2D eigenvalue weighted by Crippen LogP contribution is -1.94. The van der Waals surface area contributed by atoms with Crippen molar-refractivity contribution in [3.63, 3.8) is 0 Å². The summed E-state index contributed by atoms with van der Waals surface area (Å²) in [6, 6.07) is 7.79. The second-order valence-corrected chi connectivity index (χ2v) is 3.52. The van der Waals surface area contributed by atoms with E-state index in [4.69, 9.17) is 0 Å². The Morgan fingerprint density at radius 3 is 3.00 bits per heavy atom. The number of ether oxygens (including phenoxy) is 1. The minimum absolute atomic E-state index is 0.500. The molecule has 0 aliphatic heterocycles. The average Bonchev–Trinajstić information content (AvgIpc) is 2.17. The standard InChI is InChI=1S/C11H9BrO2/c1-14-11(13)7-3-5-9-4-2-6-10(12)8-9/h2,4,6,8H,5H2,1H3. The van der Waals surface area contributed by atoms with Crippen LogP contribution in [0.25, 0.3) is 0 Å². The van der Waals surface area contributed by atoms with Crippen LogP contribution >= 0.6 is 15.9 Å². The number of rotatable bonds is 1. The van der Waals surface area contributed by atoms with Crippen LogP contribution in [0.4, 0.5) is 0 Å². The van der Waals surface area contributed by atoms with E-state index in [-0.39, 0.29) is 0 Å². The van der Waals surface area contributed by atoms with E-state index in [1.54, 1.807) is 0 Å². The molecule has 0 spiro atoms. The van der Waals surface area contributed by atoms with E-state index < -0.39 is 5.97 Å². The van der Waals surface area contributed by atoms with Gasteiger partial charge in [0.1, 0.15) is 0 Å². The number of esters is 1. The summed E-state index contributed by atoms with van der Waals surface area (Å²) in [4.78, 5) is 10.7. The fraction of sp³-hybridized carbons (Fsp3) is 0.182. The Kier molecular flexibility index (Phi) is 4.21. The number of benzene rings is 1. The highest BCUT2D eigenvalue weighted by Gasteiger charge is 1.92. The van der Waals surface area contributed by atoms with Crippen LogP contribution in [-0.2, 0) is 16.0 Å². The zero-order valence-electron chi connectivity index (χ0n) is 7.71. The molecule has 72 valence electrons. The van der Waals surface area contributed by atoms with E-state index in [1.165, 1.54) is 7.11 Å². The maximum absolute atomic E-state index is 10.7. The summed E-state index contributed by atoms with van der Waals surface area (Å²) >= 11 is 3.36. The van der Waals surface area contributed by atoms with Crippen molar-refractivity contribution in [2.24, 2.45) is 0 Å². The predicted octanol–water partition coefficient (Wildman–Crippen LogP) is 2.17. The van der Waals surface area contributed by atoms with Crippen molar-refractivity contribution in [2.45, 2.75) is 6.42 Å². The van der Waals surface area contributed by atoms with Gasteiger partial charge in [-0.2, -0.15) is 0 Å². The molecule has 0 aliphatic rings. The van der Waals surface area contributed by atoms with Crippen LogP contribution in [0.2, 0.25) is 0 Å². The van der Waals surface area contributed by atoms with Crippen LogP contribution in [0, 0.1) is 11.8 Å². The van der Waals surface area contributed by atoms with Gasteiger partial charge in [0, 0.05) is 16.8 Å². The molecule has 14 heavy (non-hydrogen) atoms. The minimum atomic E-state index is -0.500. The fourth-order valence-electron chi connectivity index (χ4n) is 0.916. The van der Waals surface area contributed by atoms with Crippen LogP contribution in [-0.4, -0.2) is 13.1 Å². The number of halogens is 1. The first-order valence-electron chi connectivity index (χ1n) is 4.03. The first kappa shape index (κ1) is 10.8. The van der Waals surface area contributed by atoms with Crippen molar-refractivity contribution in [1.82, 2.24) is 0 Å². The molecule has 1 aromatic rings. The molecule has 0 aromatic heterocycles. The van der Waals surface area contributed by atoms with Crippen LogP contribution in [0.3, 0.4) is 0 Å². The van der Waals surface area contributed by atoms with Gasteiger partial charge in [-0.25, -0.2) is 4.79 Å². The third-order valence-corrected chi connectivity index (χ3v) is 2.05. The number of methoxy groups -OCH3 is 1. The molecule has 0 bridgehead atoms. The molecule has 2 nitrogen and oxygen atoms in total. The number of carbonyl (C=O) groups is 1. The van der Waals surface area contributed by atoms with Crippen molar-refractivity contribution >= 4 is 21.9 Å². The van der Waals surface area contributed by atoms with E-state index in [1.807, 2.05) is 24.3 Å². The maximum Gasteiger partial charge on any atom is 0.384 e. The molecule has 0 saturated carbocycles. The minimum Gasteiger partial charge on any atom is -0.459 e. The number of hydrogen-bond donors (Lipinski definition) is 0. The lowest BCUT2D eigenvalue weighted by atomic mass is 10.2. The molecule has 0 unspecified atom stereocenters. The third-order valence-electron chi connectivity index (χ3n) is 1.56. The van der Waals surface area contributed by atoms with Gasteiger partial charge in [0.2, 0.25) is 0 Å². The molecule has 0 amide bonds. The van der Waals surface area contributed by atoms with E-state index in [0.717, 1.165) is 10.0 Å². The van der Waals surface area contributed by atoms with Gasteiger partial charge < -0.3 is 4.74 Å². The summed E-state index contributed by atoms with van der Waals surface area (Å²) in [6.07, 6.45) is 0.550. The first-order chi connectivity index (χ1) is 6.72. The first-order valence-corrected chi connectivity index (χ1v) is 4.83. The summed E-state index contributed by atoms with van der Waals surface area (Å²) in [5, 5.41) is 0. The van der Waals surface area contributed by atoms with Crippen LogP contribution in [0.5, 0.6) is 0 Å². The Morgan fingerprint density at radius 1 is 1.57 bits per heavy atom. The maximum atomic E-state index is 10.7. The molecule has 3 heteroatoms. The van der Waals surface area contributed by atoms with Gasteiger partial charge in [-0.15, -0.1) is 0 Å². The summed E-state index contributed by atoms with van der Waals surface area (Å²) < 4.78 is 5.40. The summed E-state index contributed by atoms with van der Waals surface area (Å²) in [6.45, 7) is 0. The number of hydrogen-bond acceptors (Lipinski definition) is 2. The number of carbonyl (C=O) groups excluding carboxylic acids is 1. The Balaban J connectivity index is 2.60. The van der Waals surface area contributed by atoms with Gasteiger partial charge in [-0.1, -0.05) is 34.0 Å². The molecule has 0 atom stereocenters. The largest absolute Gasteiger partial charge is 0.459 e. The van der Waals surface area contributed by atoms with E-state index in [0.29, 0.717) is 6.42 Å². The SMILES string of the molecule is COC(=O)C#CCc1cccc(Br)c1. The van der Waals surface area contributed by atoms with Crippen LogP contribution in [0.1, 0.15) is 5.56 Å². The molecule has 1 rings (SSSR count). The molecule has 0 fully saturated rings. The second kappa shape index (κ2) is 5.46. The Labute approximate surface area is 91.4 Å². The highest BCUT2D eigenvalue weighted by molar-refractivity contribution is 9.10. The van der Waals surface area contributed by atoms with E-state index in [2.05, 4.69) is 32.5 Å². The fourth-order valence-corrected chi connectivity index (χ4v) is 1.36. The molecule has 0 heterocycles. The predicted molar refractivity (Wildman–Crippen MR) is 57.6 cm³/mol. The van der Waals surface area contributed by atoms with E-state index >= 15 is 0 Å². The van der Waals surface area contributed by atoms with Gasteiger partial charge in [0.25, 0.3) is 0 Å². The Morgan fingerprint density at radius 2 is 2.36 bits per heavy atom. The summed E-state index contributed by atoms with van der Waals surface area (Å²) in [5.74, 6) is 4.61. The molecular formula is C11H9BrO2. The van der Waals surface area contributed by atoms with Gasteiger partial charge in [0.05, 0.1) is 7.11 Å². The van der Waals surface area contributed by atoms with Gasteiger partial charge >= 0.3 is 5.97 Å². The molecule has 0 radical (unpaired) electrons. The molecular weight excluding hydrogens is 244 g/mol. The lowest BCUT2D eigenvalue weighted by Gasteiger charge is -1.94. The smallest absolute Gasteiger partial charge is 0.384 e. The third kappa shape index (κ3) is 3.63. The van der Waals surface area contributed by atoms with Crippen LogP contribution in [0.15, 0.2) is 28.7 Å². The Hall–Kier alpha value is -1.27. The quantitative estimate of drug-likeness (QED) is 0.435. The average molecular weight is 253 g/mol. The lowest BCUT2D eigenvalue weighted by molar-refractivity contribution is -0.133. The van der Waals surface area contributed by atoms with Crippen molar-refractivity contribution < 1.29 is 9.53 Å². The molecule has 0 saturated heterocycles. The normalized spacial score (nSPS) is 8.71. The molecule has 0 aliphatic carbocycles. The monoisotopic (exact) mass is 252 g/mol. The molecule has 0 N–H and O–H groups in total. The van der Waals surface area contributed by atoms with Gasteiger partial charge in [-0.05, 0) is 17.7 Å².